The number of carbonyl (C=O) groups is 1. The van der Waals surface area contributed by atoms with Crippen molar-refractivity contribution in [2.75, 3.05) is 36.4 Å². The largest absolute Gasteiger partial charge is 0.437 e. The van der Waals surface area contributed by atoms with Crippen LogP contribution in [0.15, 0.2) is 37.8 Å². The molecule has 2 N–H and O–H groups in total. The van der Waals surface area contributed by atoms with Crippen LogP contribution in [0.2, 0.25) is 0 Å². The van der Waals surface area contributed by atoms with E-state index in [0.717, 1.165) is 37.1 Å². The molecular weight excluding hydrogens is 449 g/mol. The Balaban J connectivity index is 0.000000894. The number of fused-ring (bicyclic) bond motifs is 1. The molecule has 0 aromatic carbocycles. The molecule has 0 saturated carbocycles. The van der Waals surface area contributed by atoms with E-state index in [1.807, 2.05) is 27.7 Å². The standard InChI is InChI=1S/C16H17F3N8O.2C2H6.C2H4/c1-25-9-11(13(24-25)16(17,18)19)22-15(28)10-8-21-27-5-2-12(23-14(10)27)26-6-3-20-4-7-26;3*1-2/h2,5,8-9,20H,3-4,6-7H2,1H3,(H,22,28);2*1-2H3;1-2H2. The van der Waals surface area contributed by atoms with Gasteiger partial charge in [-0.3, -0.25) is 9.48 Å². The van der Waals surface area contributed by atoms with Gasteiger partial charge in [0, 0.05) is 45.6 Å². The number of rotatable bonds is 3. The van der Waals surface area contributed by atoms with Crippen molar-refractivity contribution in [3.8, 4) is 0 Å². The Morgan fingerprint density at radius 2 is 1.76 bits per heavy atom. The van der Waals surface area contributed by atoms with E-state index in [2.05, 4.69) is 43.9 Å². The third kappa shape index (κ3) is 6.80. The molecule has 1 fully saturated rings. The van der Waals surface area contributed by atoms with Crippen LogP contribution in [0.5, 0.6) is 0 Å². The van der Waals surface area contributed by atoms with E-state index in [1.54, 1.807) is 12.3 Å². The fraction of sp³-hybridized carbons (Fsp3) is 0.455. The molecule has 1 amide bonds. The van der Waals surface area contributed by atoms with Crippen LogP contribution in [0.3, 0.4) is 0 Å². The molecule has 0 radical (unpaired) electrons. The van der Waals surface area contributed by atoms with Gasteiger partial charge in [-0.25, -0.2) is 9.50 Å². The van der Waals surface area contributed by atoms with E-state index in [4.69, 9.17) is 0 Å². The highest BCUT2D eigenvalue weighted by atomic mass is 19.4. The number of hydrogen-bond acceptors (Lipinski definition) is 6. The number of aromatic nitrogens is 5. The Hall–Kier alpha value is -3.41. The van der Waals surface area contributed by atoms with E-state index in [1.165, 1.54) is 17.8 Å². The number of nitrogens with zero attached hydrogens (tertiary/aromatic N) is 6. The number of alkyl halides is 3. The van der Waals surface area contributed by atoms with Gasteiger partial charge in [0.05, 0.1) is 11.9 Å². The summed E-state index contributed by atoms with van der Waals surface area (Å²) >= 11 is 0. The Morgan fingerprint density at radius 3 is 2.35 bits per heavy atom. The summed E-state index contributed by atoms with van der Waals surface area (Å²) in [6.45, 7) is 17.2. The molecule has 4 rings (SSSR count). The molecule has 9 nitrogen and oxygen atoms in total. The van der Waals surface area contributed by atoms with Crippen molar-refractivity contribution in [1.82, 2.24) is 29.7 Å². The third-order valence-corrected chi connectivity index (χ3v) is 4.39. The van der Waals surface area contributed by atoms with Crippen molar-refractivity contribution in [1.29, 1.82) is 0 Å². The van der Waals surface area contributed by atoms with Crippen LogP contribution >= 0.6 is 0 Å². The van der Waals surface area contributed by atoms with Crippen molar-refractivity contribution in [2.45, 2.75) is 33.9 Å². The maximum atomic E-state index is 13.1. The molecule has 34 heavy (non-hydrogen) atoms. The van der Waals surface area contributed by atoms with E-state index < -0.39 is 23.5 Å². The van der Waals surface area contributed by atoms with Gasteiger partial charge in [-0.2, -0.15) is 23.4 Å². The lowest BCUT2D eigenvalue weighted by atomic mass is 10.3. The number of amides is 1. The molecule has 0 unspecified atom stereocenters. The van der Waals surface area contributed by atoms with Crippen LogP contribution in [0.1, 0.15) is 43.7 Å². The lowest BCUT2D eigenvalue weighted by Crippen LogP contribution is -2.43. The van der Waals surface area contributed by atoms with Gasteiger partial charge >= 0.3 is 6.18 Å². The predicted molar refractivity (Wildman–Crippen MR) is 128 cm³/mol. The highest BCUT2D eigenvalue weighted by Crippen LogP contribution is 2.33. The molecule has 0 aliphatic carbocycles. The Morgan fingerprint density at radius 1 is 1.15 bits per heavy atom. The smallest absolute Gasteiger partial charge is 0.354 e. The van der Waals surface area contributed by atoms with E-state index in [9.17, 15) is 18.0 Å². The summed E-state index contributed by atoms with van der Waals surface area (Å²) < 4.78 is 41.7. The molecule has 1 aliphatic heterocycles. The second-order valence-corrected chi connectivity index (χ2v) is 6.37. The fourth-order valence-electron chi connectivity index (χ4n) is 3.07. The minimum Gasteiger partial charge on any atom is -0.354 e. The highest BCUT2D eigenvalue weighted by molar-refractivity contribution is 6.08. The first-order valence-electron chi connectivity index (χ1n) is 11.0. The van der Waals surface area contributed by atoms with Gasteiger partial charge < -0.3 is 15.5 Å². The van der Waals surface area contributed by atoms with Gasteiger partial charge in [-0.05, 0) is 6.07 Å². The van der Waals surface area contributed by atoms with Crippen molar-refractivity contribution in [3.63, 3.8) is 0 Å². The van der Waals surface area contributed by atoms with Gasteiger partial charge in [0.1, 0.15) is 11.4 Å². The zero-order valence-electron chi connectivity index (χ0n) is 20.3. The zero-order chi connectivity index (χ0) is 25.9. The molecule has 1 saturated heterocycles. The van der Waals surface area contributed by atoms with Crippen molar-refractivity contribution >= 4 is 23.1 Å². The molecule has 3 aromatic heterocycles. The number of aryl methyl sites for hydroxylation is 1. The van der Waals surface area contributed by atoms with Crippen molar-refractivity contribution in [3.05, 3.63) is 49.1 Å². The van der Waals surface area contributed by atoms with Crippen LogP contribution in [-0.4, -0.2) is 56.5 Å². The quantitative estimate of drug-likeness (QED) is 0.549. The lowest BCUT2D eigenvalue weighted by Gasteiger charge is -2.28. The van der Waals surface area contributed by atoms with Crippen molar-refractivity contribution in [2.24, 2.45) is 7.05 Å². The number of piperazine rings is 1. The zero-order valence-corrected chi connectivity index (χ0v) is 20.3. The molecule has 0 atom stereocenters. The maximum Gasteiger partial charge on any atom is 0.437 e. The molecule has 188 valence electrons. The van der Waals surface area contributed by atoms with Crippen LogP contribution < -0.4 is 15.5 Å². The summed E-state index contributed by atoms with van der Waals surface area (Å²) in [6.07, 6.45) is -0.630. The summed E-state index contributed by atoms with van der Waals surface area (Å²) in [5.74, 6) is -0.0561. The average Bonchev–Trinajstić information content (AvgIpc) is 3.46. The topological polar surface area (TPSA) is 92.4 Å². The summed E-state index contributed by atoms with van der Waals surface area (Å²) in [5.41, 5.74) is -1.23. The number of carbonyl (C=O) groups excluding carboxylic acids is 1. The second-order valence-electron chi connectivity index (χ2n) is 6.37. The summed E-state index contributed by atoms with van der Waals surface area (Å²) in [4.78, 5) is 19.2. The van der Waals surface area contributed by atoms with Crippen LogP contribution in [-0.2, 0) is 13.2 Å². The van der Waals surface area contributed by atoms with Gasteiger partial charge in [0.2, 0.25) is 0 Å². The third-order valence-electron chi connectivity index (χ3n) is 4.39. The number of hydrogen-bond donors (Lipinski definition) is 2. The van der Waals surface area contributed by atoms with E-state index >= 15 is 0 Å². The van der Waals surface area contributed by atoms with E-state index in [0.29, 0.717) is 5.82 Å². The van der Waals surface area contributed by atoms with Crippen LogP contribution in [0.25, 0.3) is 5.65 Å². The van der Waals surface area contributed by atoms with Crippen LogP contribution in [0.4, 0.5) is 24.7 Å². The van der Waals surface area contributed by atoms with Gasteiger partial charge in [0.15, 0.2) is 11.3 Å². The minimum absolute atomic E-state index is 0.0777. The molecule has 1 aliphatic rings. The van der Waals surface area contributed by atoms with Crippen molar-refractivity contribution < 1.29 is 18.0 Å². The van der Waals surface area contributed by atoms with E-state index in [-0.39, 0.29) is 11.2 Å². The average molecular weight is 483 g/mol. The first-order chi connectivity index (χ1) is 16.3. The first-order valence-corrected chi connectivity index (χ1v) is 11.0. The number of halogens is 3. The summed E-state index contributed by atoms with van der Waals surface area (Å²) in [7, 11) is 1.35. The monoisotopic (exact) mass is 482 g/mol. The minimum atomic E-state index is -4.68. The Labute approximate surface area is 197 Å². The number of nitrogens with one attached hydrogen (secondary N) is 2. The molecule has 4 heterocycles. The normalized spacial score (nSPS) is 13.0. The lowest BCUT2D eigenvalue weighted by molar-refractivity contribution is -0.140. The SMILES string of the molecule is C=C.CC.CC.Cn1cc(NC(=O)c2cnn3ccc(N4CCNCC4)nc23)c(C(F)(F)F)n1. The molecular formula is C22H33F3N8O. The Kier molecular flexibility index (Phi) is 11.2. The van der Waals surface area contributed by atoms with Gasteiger partial charge in [-0.1, -0.05) is 27.7 Å². The second kappa shape index (κ2) is 13.3. The fourth-order valence-corrected chi connectivity index (χ4v) is 3.07. The van der Waals surface area contributed by atoms with Crippen LogP contribution in [0, 0.1) is 0 Å². The van der Waals surface area contributed by atoms with Gasteiger partial charge in [-0.15, -0.1) is 13.2 Å². The Bertz CT molecular complexity index is 1040. The molecule has 12 heteroatoms. The summed E-state index contributed by atoms with van der Waals surface area (Å²) in [6, 6.07) is 1.79. The first kappa shape index (κ1) is 28.6. The highest BCUT2D eigenvalue weighted by Gasteiger charge is 2.37. The maximum absolute atomic E-state index is 13.1. The molecule has 0 bridgehead atoms. The molecule has 3 aromatic rings. The summed E-state index contributed by atoms with van der Waals surface area (Å²) in [5, 5.41) is 13.0. The predicted octanol–water partition coefficient (Wildman–Crippen LogP) is 4.00. The molecule has 0 spiro atoms. The van der Waals surface area contributed by atoms with Gasteiger partial charge in [0.25, 0.3) is 5.91 Å². The number of anilines is 2.